The van der Waals surface area contributed by atoms with Gasteiger partial charge < -0.3 is 4.74 Å². The lowest BCUT2D eigenvalue weighted by Gasteiger charge is -2.07. The molecule has 118 valence electrons. The number of carbonyl (C=O) groups is 1. The zero-order chi connectivity index (χ0) is 16.4. The van der Waals surface area contributed by atoms with Gasteiger partial charge in [0.15, 0.2) is 0 Å². The van der Waals surface area contributed by atoms with Gasteiger partial charge in [-0.15, -0.1) is 0 Å². The topological polar surface area (TPSA) is 48.3 Å². The molecule has 0 aliphatic carbocycles. The SMILES string of the molecule is CCOC(=O)Cn1c(=O)sc2c(Cl)c(-c3ccccc3)ccc21. The van der Waals surface area contributed by atoms with Gasteiger partial charge in [0.2, 0.25) is 0 Å². The van der Waals surface area contributed by atoms with Crippen LogP contribution in [0.4, 0.5) is 0 Å². The van der Waals surface area contributed by atoms with Gasteiger partial charge >= 0.3 is 10.8 Å². The second-order valence-electron chi connectivity index (χ2n) is 4.90. The molecule has 1 heterocycles. The van der Waals surface area contributed by atoms with Crippen LogP contribution in [0.15, 0.2) is 47.3 Å². The van der Waals surface area contributed by atoms with Gasteiger partial charge in [0.05, 0.1) is 21.8 Å². The first kappa shape index (κ1) is 15.8. The molecular formula is C17H14ClNO3S. The third kappa shape index (κ3) is 3.02. The third-order valence-electron chi connectivity index (χ3n) is 3.45. The van der Waals surface area contributed by atoms with E-state index < -0.39 is 5.97 Å². The van der Waals surface area contributed by atoms with Crippen LogP contribution >= 0.6 is 22.9 Å². The quantitative estimate of drug-likeness (QED) is 0.671. The van der Waals surface area contributed by atoms with E-state index in [1.807, 2.05) is 42.5 Å². The minimum absolute atomic E-state index is 0.103. The van der Waals surface area contributed by atoms with Gasteiger partial charge in [0, 0.05) is 5.56 Å². The minimum Gasteiger partial charge on any atom is -0.465 e. The van der Waals surface area contributed by atoms with Crippen LogP contribution in [-0.4, -0.2) is 17.1 Å². The van der Waals surface area contributed by atoms with E-state index in [9.17, 15) is 9.59 Å². The molecule has 0 saturated heterocycles. The highest BCUT2D eigenvalue weighted by Gasteiger charge is 2.16. The normalized spacial score (nSPS) is 10.9. The number of aromatic nitrogens is 1. The molecule has 0 spiro atoms. The summed E-state index contributed by atoms with van der Waals surface area (Å²) in [5.41, 5.74) is 2.50. The number of rotatable bonds is 4. The third-order valence-corrected chi connectivity index (χ3v) is 4.97. The average molecular weight is 348 g/mol. The summed E-state index contributed by atoms with van der Waals surface area (Å²) in [5.74, 6) is -0.433. The van der Waals surface area contributed by atoms with Gasteiger partial charge in [-0.05, 0) is 18.6 Å². The highest BCUT2D eigenvalue weighted by molar-refractivity contribution is 7.17. The maximum Gasteiger partial charge on any atom is 0.326 e. The van der Waals surface area contributed by atoms with Crippen molar-refractivity contribution in [3.8, 4) is 11.1 Å². The van der Waals surface area contributed by atoms with Gasteiger partial charge in [-0.2, -0.15) is 0 Å². The van der Waals surface area contributed by atoms with Gasteiger partial charge in [-0.1, -0.05) is 59.3 Å². The number of hydrogen-bond acceptors (Lipinski definition) is 4. The molecule has 0 aliphatic heterocycles. The molecule has 0 saturated carbocycles. The van der Waals surface area contributed by atoms with Gasteiger partial charge in [0.25, 0.3) is 0 Å². The Morgan fingerprint density at radius 1 is 1.22 bits per heavy atom. The molecule has 0 aliphatic rings. The molecule has 3 rings (SSSR count). The zero-order valence-corrected chi connectivity index (χ0v) is 14.0. The molecule has 0 bridgehead atoms. The number of ether oxygens (including phenoxy) is 1. The highest BCUT2D eigenvalue weighted by atomic mass is 35.5. The average Bonchev–Trinajstić information content (AvgIpc) is 2.86. The second-order valence-corrected chi connectivity index (χ2v) is 6.24. The van der Waals surface area contributed by atoms with E-state index in [1.165, 1.54) is 4.57 Å². The molecule has 0 unspecified atom stereocenters. The lowest BCUT2D eigenvalue weighted by Crippen LogP contribution is -2.20. The summed E-state index contributed by atoms with van der Waals surface area (Å²) < 4.78 is 7.00. The van der Waals surface area contributed by atoms with Crippen LogP contribution in [0, 0.1) is 0 Å². The number of hydrogen-bond donors (Lipinski definition) is 0. The predicted molar refractivity (Wildman–Crippen MR) is 93.2 cm³/mol. The fourth-order valence-corrected chi connectivity index (χ4v) is 3.74. The Morgan fingerprint density at radius 3 is 2.65 bits per heavy atom. The maximum absolute atomic E-state index is 12.2. The van der Waals surface area contributed by atoms with Crippen molar-refractivity contribution in [2.45, 2.75) is 13.5 Å². The standard InChI is InChI=1S/C17H14ClNO3S/c1-2-22-14(20)10-19-13-9-8-12(11-6-4-3-5-7-11)15(18)16(13)23-17(19)21/h3-9H,2,10H2,1H3. The van der Waals surface area contributed by atoms with Crippen molar-refractivity contribution >= 4 is 39.1 Å². The minimum atomic E-state index is -0.433. The summed E-state index contributed by atoms with van der Waals surface area (Å²) in [6.07, 6.45) is 0. The van der Waals surface area contributed by atoms with E-state index in [2.05, 4.69) is 0 Å². The summed E-state index contributed by atoms with van der Waals surface area (Å²) in [6, 6.07) is 13.4. The number of esters is 1. The molecule has 0 atom stereocenters. The van der Waals surface area contributed by atoms with E-state index in [4.69, 9.17) is 16.3 Å². The molecule has 6 heteroatoms. The van der Waals surface area contributed by atoms with Crippen molar-refractivity contribution in [1.29, 1.82) is 0 Å². The number of carbonyl (C=O) groups excluding carboxylic acids is 1. The fraction of sp³-hybridized carbons (Fsp3) is 0.176. The Hall–Kier alpha value is -2.11. The molecule has 23 heavy (non-hydrogen) atoms. The smallest absolute Gasteiger partial charge is 0.326 e. The van der Waals surface area contributed by atoms with Crippen molar-refractivity contribution in [1.82, 2.24) is 4.57 Å². The van der Waals surface area contributed by atoms with Gasteiger partial charge in [-0.3, -0.25) is 14.2 Å². The molecule has 0 fully saturated rings. The summed E-state index contributed by atoms with van der Waals surface area (Å²) in [7, 11) is 0. The van der Waals surface area contributed by atoms with Crippen molar-refractivity contribution in [2.24, 2.45) is 0 Å². The predicted octanol–water partition coefficient (Wildman–Crippen LogP) is 3.95. The molecule has 0 N–H and O–H groups in total. The van der Waals surface area contributed by atoms with Crippen LogP contribution in [0.1, 0.15) is 6.92 Å². The molecular weight excluding hydrogens is 334 g/mol. The van der Waals surface area contributed by atoms with E-state index in [0.29, 0.717) is 15.2 Å². The van der Waals surface area contributed by atoms with Crippen LogP contribution in [0.2, 0.25) is 5.02 Å². The number of fused-ring (bicyclic) bond motifs is 1. The summed E-state index contributed by atoms with van der Waals surface area (Å²) >= 11 is 7.54. The highest BCUT2D eigenvalue weighted by Crippen LogP contribution is 2.35. The molecule has 2 aromatic carbocycles. The van der Waals surface area contributed by atoms with E-state index in [0.717, 1.165) is 22.5 Å². The van der Waals surface area contributed by atoms with Crippen LogP contribution < -0.4 is 4.87 Å². The second kappa shape index (κ2) is 6.56. The largest absolute Gasteiger partial charge is 0.465 e. The molecule has 1 aromatic heterocycles. The fourth-order valence-electron chi connectivity index (χ4n) is 2.42. The molecule has 0 radical (unpaired) electrons. The van der Waals surface area contributed by atoms with Crippen molar-refractivity contribution in [2.75, 3.05) is 6.61 Å². The van der Waals surface area contributed by atoms with Crippen molar-refractivity contribution < 1.29 is 9.53 Å². The van der Waals surface area contributed by atoms with Crippen molar-refractivity contribution in [3.63, 3.8) is 0 Å². The lowest BCUT2D eigenvalue weighted by atomic mass is 10.1. The Morgan fingerprint density at radius 2 is 1.96 bits per heavy atom. The van der Waals surface area contributed by atoms with Crippen LogP contribution in [0.5, 0.6) is 0 Å². The maximum atomic E-state index is 12.2. The van der Waals surface area contributed by atoms with E-state index in [-0.39, 0.29) is 18.0 Å². The van der Waals surface area contributed by atoms with Crippen LogP contribution in [0.25, 0.3) is 21.3 Å². The number of halogens is 1. The first-order chi connectivity index (χ1) is 11.1. The first-order valence-corrected chi connectivity index (χ1v) is 8.34. The summed E-state index contributed by atoms with van der Waals surface area (Å²) in [5, 5.41) is 0.526. The monoisotopic (exact) mass is 347 g/mol. The van der Waals surface area contributed by atoms with Gasteiger partial charge in [0.1, 0.15) is 6.54 Å². The summed E-state index contributed by atoms with van der Waals surface area (Å²) in [4.78, 5) is 23.6. The molecule has 4 nitrogen and oxygen atoms in total. The lowest BCUT2D eigenvalue weighted by molar-refractivity contribution is -0.143. The number of thiazole rings is 1. The van der Waals surface area contributed by atoms with Crippen LogP contribution in [0.3, 0.4) is 0 Å². The van der Waals surface area contributed by atoms with E-state index >= 15 is 0 Å². The first-order valence-electron chi connectivity index (χ1n) is 7.14. The van der Waals surface area contributed by atoms with E-state index in [1.54, 1.807) is 6.92 Å². The van der Waals surface area contributed by atoms with Gasteiger partial charge in [-0.25, -0.2) is 0 Å². The Bertz CT molecular complexity index is 915. The Labute approximate surface area is 141 Å². The molecule has 3 aromatic rings. The van der Waals surface area contributed by atoms with Crippen molar-refractivity contribution in [3.05, 3.63) is 57.2 Å². The summed E-state index contributed by atoms with van der Waals surface area (Å²) in [6.45, 7) is 1.91. The Balaban J connectivity index is 2.10. The van der Waals surface area contributed by atoms with Crippen LogP contribution in [-0.2, 0) is 16.1 Å². The Kier molecular flexibility index (Phi) is 4.50. The molecule has 0 amide bonds. The zero-order valence-electron chi connectivity index (χ0n) is 12.4. The number of nitrogens with zero attached hydrogens (tertiary/aromatic N) is 1. The number of benzene rings is 2.